The third kappa shape index (κ3) is 3.13. The summed E-state index contributed by atoms with van der Waals surface area (Å²) in [7, 11) is 0. The molecule has 0 radical (unpaired) electrons. The number of hydrogen-bond acceptors (Lipinski definition) is 4. The Kier molecular flexibility index (Phi) is 4.42. The van der Waals surface area contributed by atoms with Gasteiger partial charge in [0.1, 0.15) is 6.04 Å². The Balaban J connectivity index is 1.69. The first kappa shape index (κ1) is 16.1. The Bertz CT molecular complexity index is 463. The summed E-state index contributed by atoms with van der Waals surface area (Å²) in [6.45, 7) is 7.40. The van der Waals surface area contributed by atoms with Crippen molar-refractivity contribution < 1.29 is 9.59 Å². The lowest BCUT2D eigenvalue weighted by molar-refractivity contribution is -0.148. The molecule has 3 rings (SSSR count). The van der Waals surface area contributed by atoms with Crippen molar-refractivity contribution in [1.29, 1.82) is 0 Å². The molecular weight excluding hydrogens is 298 g/mol. The summed E-state index contributed by atoms with van der Waals surface area (Å²) in [5, 5.41) is 3.61. The third-order valence-electron chi connectivity index (χ3n) is 4.90. The van der Waals surface area contributed by atoms with Gasteiger partial charge < -0.3 is 15.1 Å². The second-order valence-corrected chi connectivity index (χ2v) is 8.75. The van der Waals surface area contributed by atoms with E-state index in [2.05, 4.69) is 5.32 Å². The Morgan fingerprint density at radius 1 is 1.14 bits per heavy atom. The van der Waals surface area contributed by atoms with Gasteiger partial charge in [-0.15, -0.1) is 11.8 Å². The van der Waals surface area contributed by atoms with Crippen LogP contribution in [0.15, 0.2) is 0 Å². The van der Waals surface area contributed by atoms with Crippen molar-refractivity contribution in [3.8, 4) is 0 Å². The van der Waals surface area contributed by atoms with Gasteiger partial charge in [-0.25, -0.2) is 0 Å². The van der Waals surface area contributed by atoms with Gasteiger partial charge in [0.15, 0.2) is 0 Å². The second-order valence-electron chi connectivity index (χ2n) is 7.75. The number of fused-ring (bicyclic) bond motifs is 2. The van der Waals surface area contributed by atoms with Crippen LogP contribution in [-0.2, 0) is 9.59 Å². The highest BCUT2D eigenvalue weighted by molar-refractivity contribution is 7.99. The first-order valence-electron chi connectivity index (χ1n) is 8.30. The smallest absolute Gasteiger partial charge is 0.246 e. The van der Waals surface area contributed by atoms with Gasteiger partial charge >= 0.3 is 0 Å². The zero-order chi connectivity index (χ0) is 15.9. The van der Waals surface area contributed by atoms with Crippen molar-refractivity contribution in [2.45, 2.75) is 58.2 Å². The first-order chi connectivity index (χ1) is 10.4. The molecule has 22 heavy (non-hydrogen) atoms. The van der Waals surface area contributed by atoms with Crippen LogP contribution >= 0.6 is 11.8 Å². The van der Waals surface area contributed by atoms with Gasteiger partial charge in [0, 0.05) is 36.3 Å². The molecule has 0 aromatic heterocycles. The number of nitrogens with zero attached hydrogens (tertiary/aromatic N) is 2. The van der Waals surface area contributed by atoms with E-state index in [9.17, 15) is 9.59 Å². The number of thioether (sulfide) groups is 1. The molecule has 0 spiro atoms. The summed E-state index contributed by atoms with van der Waals surface area (Å²) < 4.78 is 0. The highest BCUT2D eigenvalue weighted by Gasteiger charge is 2.42. The highest BCUT2D eigenvalue weighted by Crippen LogP contribution is 2.29. The molecular formula is C16H27N3O2S. The summed E-state index contributed by atoms with van der Waals surface area (Å²) in [5.41, 5.74) is -0.428. The Labute approximate surface area is 137 Å². The average molecular weight is 325 g/mol. The van der Waals surface area contributed by atoms with Gasteiger partial charge in [0.2, 0.25) is 11.8 Å². The topological polar surface area (TPSA) is 52.7 Å². The fourth-order valence-electron chi connectivity index (χ4n) is 3.63. The largest absolute Gasteiger partial charge is 0.339 e. The normalized spacial score (nSPS) is 32.2. The third-order valence-corrected chi connectivity index (χ3v) is 5.92. The SMILES string of the molecule is CC(C)(C)C(=O)N1CSCC1C(=O)N1CCC2CCC(C1)N2. The molecule has 6 heteroatoms. The van der Waals surface area contributed by atoms with Crippen LogP contribution in [0.3, 0.4) is 0 Å². The number of nitrogens with one attached hydrogen (secondary N) is 1. The molecule has 0 aromatic carbocycles. The number of carbonyl (C=O) groups excluding carboxylic acids is 2. The first-order valence-corrected chi connectivity index (χ1v) is 9.45. The molecule has 3 atom stereocenters. The van der Waals surface area contributed by atoms with Gasteiger partial charge in [-0.3, -0.25) is 9.59 Å². The fraction of sp³-hybridized carbons (Fsp3) is 0.875. The van der Waals surface area contributed by atoms with E-state index < -0.39 is 5.41 Å². The van der Waals surface area contributed by atoms with Crippen LogP contribution in [0.5, 0.6) is 0 Å². The molecule has 3 fully saturated rings. The molecule has 3 aliphatic heterocycles. The quantitative estimate of drug-likeness (QED) is 0.789. The van der Waals surface area contributed by atoms with Crippen molar-refractivity contribution in [3.05, 3.63) is 0 Å². The molecule has 3 saturated heterocycles. The molecule has 1 N–H and O–H groups in total. The monoisotopic (exact) mass is 325 g/mol. The summed E-state index contributed by atoms with van der Waals surface area (Å²) in [6.07, 6.45) is 3.44. The van der Waals surface area contributed by atoms with Crippen molar-refractivity contribution in [2.24, 2.45) is 5.41 Å². The van der Waals surface area contributed by atoms with Crippen LogP contribution < -0.4 is 5.32 Å². The molecule has 0 aliphatic carbocycles. The van der Waals surface area contributed by atoms with E-state index in [-0.39, 0.29) is 17.9 Å². The van der Waals surface area contributed by atoms with Crippen LogP contribution in [0.1, 0.15) is 40.0 Å². The molecule has 0 saturated carbocycles. The predicted molar refractivity (Wildman–Crippen MR) is 88.6 cm³/mol. The number of hydrogen-bond donors (Lipinski definition) is 1. The van der Waals surface area contributed by atoms with Crippen molar-refractivity contribution in [2.75, 3.05) is 24.7 Å². The molecule has 3 heterocycles. The van der Waals surface area contributed by atoms with E-state index in [0.717, 1.165) is 25.3 Å². The maximum atomic E-state index is 13.0. The van der Waals surface area contributed by atoms with E-state index in [1.165, 1.54) is 12.8 Å². The zero-order valence-electron chi connectivity index (χ0n) is 13.8. The molecule has 3 aliphatic rings. The minimum atomic E-state index is -0.428. The number of rotatable bonds is 1. The summed E-state index contributed by atoms with van der Waals surface area (Å²) in [4.78, 5) is 29.3. The fourth-order valence-corrected chi connectivity index (χ4v) is 4.78. The standard InChI is InChI=1S/C16H27N3O2S/c1-16(2,3)15(21)19-10-22-9-13(19)14(20)18-7-6-11-4-5-12(8-18)17-11/h11-13,17H,4-10H2,1-3H3. The van der Waals surface area contributed by atoms with Gasteiger partial charge in [-0.1, -0.05) is 20.8 Å². The Morgan fingerprint density at radius 2 is 1.86 bits per heavy atom. The molecule has 2 amide bonds. The van der Waals surface area contributed by atoms with E-state index in [1.54, 1.807) is 16.7 Å². The molecule has 5 nitrogen and oxygen atoms in total. The molecule has 124 valence electrons. The summed E-state index contributed by atoms with van der Waals surface area (Å²) in [5.74, 6) is 1.62. The van der Waals surface area contributed by atoms with E-state index in [0.29, 0.717) is 18.0 Å². The predicted octanol–water partition coefficient (Wildman–Crippen LogP) is 1.29. The second kappa shape index (κ2) is 6.04. The van der Waals surface area contributed by atoms with Gasteiger partial charge in [0.25, 0.3) is 0 Å². The van der Waals surface area contributed by atoms with Crippen LogP contribution in [-0.4, -0.2) is 64.5 Å². The van der Waals surface area contributed by atoms with Crippen LogP contribution in [0.4, 0.5) is 0 Å². The maximum Gasteiger partial charge on any atom is 0.246 e. The maximum absolute atomic E-state index is 13.0. The van der Waals surface area contributed by atoms with Gasteiger partial charge in [-0.2, -0.15) is 0 Å². The van der Waals surface area contributed by atoms with Crippen molar-refractivity contribution >= 4 is 23.6 Å². The molecule has 0 aromatic rings. The lowest BCUT2D eigenvalue weighted by Gasteiger charge is -2.33. The number of likely N-dealkylation sites (tertiary alicyclic amines) is 1. The lowest BCUT2D eigenvalue weighted by atomic mass is 9.94. The minimum absolute atomic E-state index is 0.0883. The van der Waals surface area contributed by atoms with E-state index >= 15 is 0 Å². The van der Waals surface area contributed by atoms with Crippen molar-refractivity contribution in [3.63, 3.8) is 0 Å². The van der Waals surface area contributed by atoms with Crippen LogP contribution in [0.25, 0.3) is 0 Å². The average Bonchev–Trinajstić information content (AvgIpc) is 3.02. The van der Waals surface area contributed by atoms with E-state index in [1.807, 2.05) is 25.7 Å². The minimum Gasteiger partial charge on any atom is -0.339 e. The lowest BCUT2D eigenvalue weighted by Crippen LogP contribution is -2.53. The van der Waals surface area contributed by atoms with E-state index in [4.69, 9.17) is 0 Å². The highest BCUT2D eigenvalue weighted by atomic mass is 32.2. The zero-order valence-corrected chi connectivity index (χ0v) is 14.6. The van der Waals surface area contributed by atoms with Crippen LogP contribution in [0.2, 0.25) is 0 Å². The number of carbonyl (C=O) groups is 2. The molecule has 2 bridgehead atoms. The van der Waals surface area contributed by atoms with Crippen molar-refractivity contribution in [1.82, 2.24) is 15.1 Å². The van der Waals surface area contributed by atoms with Gasteiger partial charge in [0.05, 0.1) is 5.88 Å². The van der Waals surface area contributed by atoms with Crippen LogP contribution in [0, 0.1) is 5.41 Å². The summed E-state index contributed by atoms with van der Waals surface area (Å²) in [6, 6.07) is 0.749. The van der Waals surface area contributed by atoms with Gasteiger partial charge in [-0.05, 0) is 19.3 Å². The molecule has 3 unspecified atom stereocenters. The Hall–Kier alpha value is -0.750. The Morgan fingerprint density at radius 3 is 2.59 bits per heavy atom. The number of amides is 2. The summed E-state index contributed by atoms with van der Waals surface area (Å²) >= 11 is 1.69.